The molecule has 0 saturated heterocycles. The molecule has 0 spiro atoms. The number of hydrogen-bond acceptors (Lipinski definition) is 1. The normalized spacial score (nSPS) is 14.6. The van der Waals surface area contributed by atoms with Gasteiger partial charge in [-0.05, 0) is 23.6 Å². The van der Waals surface area contributed by atoms with Gasteiger partial charge in [0, 0.05) is 6.54 Å². The Hall–Kier alpha value is -1.77. The Labute approximate surface area is 88.6 Å². The van der Waals surface area contributed by atoms with Crippen LogP contribution in [0.5, 0.6) is 0 Å². The summed E-state index contributed by atoms with van der Waals surface area (Å²) in [5.74, 6) is 0. The van der Waals surface area contributed by atoms with Crippen LogP contribution in [0, 0.1) is 0 Å². The molecule has 0 bridgehead atoms. The summed E-state index contributed by atoms with van der Waals surface area (Å²) in [5, 5.41) is 8.91. The van der Waals surface area contributed by atoms with E-state index in [1.54, 1.807) is 0 Å². The quantitative estimate of drug-likeness (QED) is 0.762. The van der Waals surface area contributed by atoms with Crippen LogP contribution >= 0.6 is 0 Å². The van der Waals surface area contributed by atoms with Gasteiger partial charge in [0.1, 0.15) is 0 Å². The summed E-state index contributed by atoms with van der Waals surface area (Å²) < 4.78 is 0. The van der Waals surface area contributed by atoms with E-state index in [1.165, 1.54) is 4.90 Å². The molecule has 1 amide bonds. The van der Waals surface area contributed by atoms with Crippen LogP contribution in [-0.2, 0) is 13.1 Å². The van der Waals surface area contributed by atoms with Crippen molar-refractivity contribution in [2.75, 3.05) is 0 Å². The molecule has 0 aromatic heterocycles. The zero-order chi connectivity index (χ0) is 10.8. The highest BCUT2D eigenvalue weighted by atomic mass is 16.4. The fourth-order valence-electron chi connectivity index (χ4n) is 1.92. The highest BCUT2D eigenvalue weighted by molar-refractivity contribution is 5.68. The van der Waals surface area contributed by atoms with E-state index in [2.05, 4.69) is 0 Å². The van der Waals surface area contributed by atoms with Crippen LogP contribution in [0.3, 0.4) is 0 Å². The molecule has 3 heteroatoms. The van der Waals surface area contributed by atoms with Crippen molar-refractivity contribution in [3.8, 4) is 0 Å². The minimum absolute atomic E-state index is 0.505. The van der Waals surface area contributed by atoms with Gasteiger partial charge in [0.25, 0.3) is 0 Å². The average molecular weight is 203 g/mol. The molecule has 2 rings (SSSR count). The predicted octanol–water partition coefficient (Wildman–Crippen LogP) is 2.71. The molecule has 78 valence electrons. The summed E-state index contributed by atoms with van der Waals surface area (Å²) in [5.41, 5.74) is 3.38. The number of amides is 1. The summed E-state index contributed by atoms with van der Waals surface area (Å²) in [4.78, 5) is 12.3. The van der Waals surface area contributed by atoms with Crippen molar-refractivity contribution in [1.82, 2.24) is 4.90 Å². The first-order valence-corrected chi connectivity index (χ1v) is 4.93. The zero-order valence-corrected chi connectivity index (χ0v) is 8.60. The smallest absolute Gasteiger partial charge is 0.407 e. The molecule has 0 unspecified atom stereocenters. The van der Waals surface area contributed by atoms with E-state index in [4.69, 9.17) is 5.11 Å². The molecular weight excluding hydrogens is 190 g/mol. The molecule has 1 N–H and O–H groups in total. The van der Waals surface area contributed by atoms with Crippen molar-refractivity contribution in [2.24, 2.45) is 0 Å². The van der Waals surface area contributed by atoms with E-state index in [1.807, 2.05) is 37.3 Å². The van der Waals surface area contributed by atoms with E-state index < -0.39 is 6.09 Å². The number of rotatable bonds is 1. The maximum Gasteiger partial charge on any atom is 0.407 e. The lowest BCUT2D eigenvalue weighted by atomic mass is 10.0. The van der Waals surface area contributed by atoms with Gasteiger partial charge in [-0.1, -0.05) is 30.4 Å². The van der Waals surface area contributed by atoms with Gasteiger partial charge in [-0.25, -0.2) is 4.79 Å². The summed E-state index contributed by atoms with van der Waals surface area (Å²) in [6.07, 6.45) is 3.14. The molecule has 1 aromatic carbocycles. The number of hydrogen-bond donors (Lipinski definition) is 1. The highest BCUT2D eigenvalue weighted by Gasteiger charge is 2.23. The first kappa shape index (κ1) is 9.77. The van der Waals surface area contributed by atoms with Crippen molar-refractivity contribution in [3.05, 3.63) is 41.0 Å². The van der Waals surface area contributed by atoms with Gasteiger partial charge in [-0.3, -0.25) is 4.90 Å². The molecule has 15 heavy (non-hydrogen) atoms. The van der Waals surface area contributed by atoms with Crippen LogP contribution in [0.2, 0.25) is 0 Å². The summed E-state index contributed by atoms with van der Waals surface area (Å²) in [6.45, 7) is 2.98. The fraction of sp³-hybridized carbons (Fsp3) is 0.250. The Kier molecular flexibility index (Phi) is 2.46. The Morgan fingerprint density at radius 1 is 1.47 bits per heavy atom. The van der Waals surface area contributed by atoms with E-state index in [-0.39, 0.29) is 0 Å². The molecule has 1 heterocycles. The Morgan fingerprint density at radius 3 is 2.93 bits per heavy atom. The van der Waals surface area contributed by atoms with E-state index in [0.717, 1.165) is 16.7 Å². The van der Waals surface area contributed by atoms with Crippen molar-refractivity contribution >= 4 is 12.2 Å². The molecule has 1 aromatic rings. The number of fused-ring (bicyclic) bond motifs is 1. The minimum atomic E-state index is -0.849. The monoisotopic (exact) mass is 203 g/mol. The van der Waals surface area contributed by atoms with Crippen LogP contribution < -0.4 is 0 Å². The van der Waals surface area contributed by atoms with E-state index in [0.29, 0.717) is 13.1 Å². The highest BCUT2D eigenvalue weighted by Crippen LogP contribution is 2.26. The van der Waals surface area contributed by atoms with Gasteiger partial charge in [0.2, 0.25) is 0 Å². The van der Waals surface area contributed by atoms with Gasteiger partial charge in [0.15, 0.2) is 0 Å². The van der Waals surface area contributed by atoms with Crippen molar-refractivity contribution in [2.45, 2.75) is 20.0 Å². The molecule has 0 saturated carbocycles. The number of allylic oxidation sites excluding steroid dienone is 1. The van der Waals surface area contributed by atoms with Crippen molar-refractivity contribution < 1.29 is 9.90 Å². The molecule has 0 atom stereocenters. The second-order valence-electron chi connectivity index (χ2n) is 3.62. The SMILES string of the molecule is C/C=C/c1cccc2c1CN(C(=O)O)C2. The second kappa shape index (κ2) is 3.77. The Bertz CT molecular complexity index is 424. The first-order chi connectivity index (χ1) is 7.22. The Balaban J connectivity index is 2.37. The first-order valence-electron chi connectivity index (χ1n) is 4.93. The van der Waals surface area contributed by atoms with Crippen LogP contribution in [0.25, 0.3) is 6.08 Å². The molecule has 0 radical (unpaired) electrons. The van der Waals surface area contributed by atoms with E-state index >= 15 is 0 Å². The molecular formula is C12H13NO2. The van der Waals surface area contributed by atoms with Crippen LogP contribution in [0.1, 0.15) is 23.6 Å². The number of nitrogens with zero attached hydrogens (tertiary/aromatic N) is 1. The summed E-state index contributed by atoms with van der Waals surface area (Å²) in [6, 6.07) is 5.98. The largest absolute Gasteiger partial charge is 0.465 e. The van der Waals surface area contributed by atoms with Crippen LogP contribution in [0.4, 0.5) is 4.79 Å². The lowest BCUT2D eigenvalue weighted by Gasteiger charge is -2.09. The Morgan fingerprint density at radius 2 is 2.27 bits per heavy atom. The molecule has 1 aliphatic rings. The van der Waals surface area contributed by atoms with Crippen LogP contribution in [-0.4, -0.2) is 16.1 Å². The topological polar surface area (TPSA) is 40.5 Å². The lowest BCUT2D eigenvalue weighted by molar-refractivity contribution is 0.145. The number of carbonyl (C=O) groups is 1. The summed E-state index contributed by atoms with van der Waals surface area (Å²) >= 11 is 0. The minimum Gasteiger partial charge on any atom is -0.465 e. The van der Waals surface area contributed by atoms with E-state index in [9.17, 15) is 4.79 Å². The third-order valence-corrected chi connectivity index (χ3v) is 2.64. The standard InChI is InChI=1S/C12H13NO2/c1-2-4-9-5-3-6-10-7-13(12(14)15)8-11(9)10/h2-6H,7-8H2,1H3,(H,14,15)/b4-2+. The van der Waals surface area contributed by atoms with Crippen molar-refractivity contribution in [1.29, 1.82) is 0 Å². The lowest BCUT2D eigenvalue weighted by Crippen LogP contribution is -2.22. The van der Waals surface area contributed by atoms with Gasteiger partial charge in [0.05, 0.1) is 6.54 Å². The van der Waals surface area contributed by atoms with Gasteiger partial charge >= 0.3 is 6.09 Å². The number of benzene rings is 1. The molecule has 0 fully saturated rings. The van der Waals surface area contributed by atoms with Gasteiger partial charge < -0.3 is 5.11 Å². The number of carboxylic acid groups (broad SMARTS) is 1. The van der Waals surface area contributed by atoms with Crippen LogP contribution in [0.15, 0.2) is 24.3 Å². The fourth-order valence-corrected chi connectivity index (χ4v) is 1.92. The molecule has 3 nitrogen and oxygen atoms in total. The average Bonchev–Trinajstić information content (AvgIpc) is 2.63. The zero-order valence-electron chi connectivity index (χ0n) is 8.60. The molecule has 0 aliphatic carbocycles. The predicted molar refractivity (Wildman–Crippen MR) is 58.4 cm³/mol. The third kappa shape index (κ3) is 1.73. The summed E-state index contributed by atoms with van der Waals surface area (Å²) in [7, 11) is 0. The van der Waals surface area contributed by atoms with Crippen molar-refractivity contribution in [3.63, 3.8) is 0 Å². The van der Waals surface area contributed by atoms with Gasteiger partial charge in [-0.2, -0.15) is 0 Å². The molecule has 1 aliphatic heterocycles. The second-order valence-corrected chi connectivity index (χ2v) is 3.62. The third-order valence-electron chi connectivity index (χ3n) is 2.64. The maximum absolute atomic E-state index is 10.8. The van der Waals surface area contributed by atoms with Gasteiger partial charge in [-0.15, -0.1) is 0 Å². The maximum atomic E-state index is 10.8.